The van der Waals surface area contributed by atoms with Crippen molar-refractivity contribution in [1.29, 1.82) is 5.26 Å². The van der Waals surface area contributed by atoms with E-state index in [4.69, 9.17) is 0 Å². The van der Waals surface area contributed by atoms with Gasteiger partial charge in [0.1, 0.15) is 6.07 Å². The molecule has 1 aromatic carbocycles. The standard InChI is InChI=1S/C16H21N3OS/c1-3-21-15-6-4-5-14(13(15)11-17)19-9-7-12(8-10-19)16(20)18-2/h4-6,12H,3,7-10H2,1-2H3,(H,18,20). The Kier molecular flexibility index (Phi) is 5.51. The molecule has 1 amide bonds. The molecule has 0 bridgehead atoms. The predicted molar refractivity (Wildman–Crippen MR) is 86.6 cm³/mol. The van der Waals surface area contributed by atoms with Gasteiger partial charge < -0.3 is 10.2 Å². The third-order valence-corrected chi connectivity index (χ3v) is 4.81. The fourth-order valence-corrected chi connectivity index (χ4v) is 3.54. The highest BCUT2D eigenvalue weighted by atomic mass is 32.2. The monoisotopic (exact) mass is 303 g/mol. The summed E-state index contributed by atoms with van der Waals surface area (Å²) in [5.41, 5.74) is 1.77. The number of benzene rings is 1. The van der Waals surface area contributed by atoms with Gasteiger partial charge in [-0.05, 0) is 30.7 Å². The average Bonchev–Trinajstić information content (AvgIpc) is 2.54. The molecule has 112 valence electrons. The maximum absolute atomic E-state index is 11.7. The lowest BCUT2D eigenvalue weighted by Crippen LogP contribution is -2.39. The summed E-state index contributed by atoms with van der Waals surface area (Å²) in [6.45, 7) is 3.74. The quantitative estimate of drug-likeness (QED) is 0.869. The summed E-state index contributed by atoms with van der Waals surface area (Å²) < 4.78 is 0. The van der Waals surface area contributed by atoms with Crippen LogP contribution >= 0.6 is 11.8 Å². The Morgan fingerprint density at radius 3 is 2.76 bits per heavy atom. The van der Waals surface area contributed by atoms with E-state index in [0.717, 1.165) is 47.8 Å². The molecule has 1 saturated heterocycles. The zero-order valence-electron chi connectivity index (χ0n) is 12.6. The summed E-state index contributed by atoms with van der Waals surface area (Å²) in [6.07, 6.45) is 1.69. The van der Waals surface area contributed by atoms with Crippen molar-refractivity contribution in [2.24, 2.45) is 5.92 Å². The van der Waals surface area contributed by atoms with E-state index in [1.54, 1.807) is 18.8 Å². The molecule has 5 heteroatoms. The Hall–Kier alpha value is -1.67. The maximum atomic E-state index is 11.7. The molecule has 4 nitrogen and oxygen atoms in total. The summed E-state index contributed by atoms with van der Waals surface area (Å²) in [5.74, 6) is 1.19. The van der Waals surface area contributed by atoms with Crippen LogP contribution in [0.5, 0.6) is 0 Å². The van der Waals surface area contributed by atoms with Gasteiger partial charge in [-0.2, -0.15) is 5.26 Å². The normalized spacial score (nSPS) is 15.6. The molecule has 0 radical (unpaired) electrons. The second kappa shape index (κ2) is 7.37. The third kappa shape index (κ3) is 3.51. The number of amides is 1. The number of carbonyl (C=O) groups is 1. The van der Waals surface area contributed by atoms with Crippen LogP contribution in [-0.4, -0.2) is 31.8 Å². The molecule has 1 aliphatic heterocycles. The SMILES string of the molecule is CCSc1cccc(N2CCC(C(=O)NC)CC2)c1C#N. The van der Waals surface area contributed by atoms with E-state index < -0.39 is 0 Å². The van der Waals surface area contributed by atoms with Gasteiger partial charge in [-0.15, -0.1) is 11.8 Å². The van der Waals surface area contributed by atoms with Crippen molar-refractivity contribution >= 4 is 23.4 Å². The average molecular weight is 303 g/mol. The van der Waals surface area contributed by atoms with Crippen molar-refractivity contribution in [1.82, 2.24) is 5.32 Å². The number of thioether (sulfide) groups is 1. The van der Waals surface area contributed by atoms with Gasteiger partial charge in [0, 0.05) is 31.0 Å². The van der Waals surface area contributed by atoms with Gasteiger partial charge in [-0.25, -0.2) is 0 Å². The zero-order chi connectivity index (χ0) is 15.2. The highest BCUT2D eigenvalue weighted by Gasteiger charge is 2.25. The summed E-state index contributed by atoms with van der Waals surface area (Å²) in [4.78, 5) is 15.0. The van der Waals surface area contributed by atoms with Gasteiger partial charge in [0.25, 0.3) is 0 Å². The fraction of sp³-hybridized carbons (Fsp3) is 0.500. The van der Waals surface area contributed by atoms with Crippen LogP contribution < -0.4 is 10.2 Å². The maximum Gasteiger partial charge on any atom is 0.222 e. The van der Waals surface area contributed by atoms with Gasteiger partial charge in [0.2, 0.25) is 5.91 Å². The number of nitrogens with one attached hydrogen (secondary N) is 1. The van der Waals surface area contributed by atoms with Crippen LogP contribution in [0.2, 0.25) is 0 Å². The Morgan fingerprint density at radius 2 is 2.19 bits per heavy atom. The molecule has 2 rings (SSSR count). The van der Waals surface area contributed by atoms with E-state index in [1.165, 1.54) is 0 Å². The molecule has 21 heavy (non-hydrogen) atoms. The third-order valence-electron chi connectivity index (χ3n) is 3.87. The Bertz CT molecular complexity index is 545. The minimum Gasteiger partial charge on any atom is -0.370 e. The number of anilines is 1. The Morgan fingerprint density at radius 1 is 1.48 bits per heavy atom. The van der Waals surface area contributed by atoms with E-state index in [-0.39, 0.29) is 11.8 Å². The van der Waals surface area contributed by atoms with Gasteiger partial charge in [0.15, 0.2) is 0 Å². The molecule has 1 aromatic rings. The minimum atomic E-state index is 0.102. The first kappa shape index (κ1) is 15.7. The molecule has 0 unspecified atom stereocenters. The topological polar surface area (TPSA) is 56.1 Å². The summed E-state index contributed by atoms with van der Waals surface area (Å²) in [6, 6.07) is 8.38. The lowest BCUT2D eigenvalue weighted by Gasteiger charge is -2.33. The van der Waals surface area contributed by atoms with Gasteiger partial charge in [0.05, 0.1) is 11.3 Å². The van der Waals surface area contributed by atoms with Crippen LogP contribution in [0.3, 0.4) is 0 Å². The molecule has 0 saturated carbocycles. The van der Waals surface area contributed by atoms with Gasteiger partial charge in [-0.1, -0.05) is 13.0 Å². The van der Waals surface area contributed by atoms with Crippen molar-refractivity contribution < 1.29 is 4.79 Å². The largest absolute Gasteiger partial charge is 0.370 e. The van der Waals surface area contributed by atoms with Crippen molar-refractivity contribution in [3.63, 3.8) is 0 Å². The number of nitriles is 1. The first-order chi connectivity index (χ1) is 10.2. The number of rotatable bonds is 4. The zero-order valence-corrected chi connectivity index (χ0v) is 13.4. The van der Waals surface area contributed by atoms with Gasteiger partial charge >= 0.3 is 0 Å². The first-order valence-electron chi connectivity index (χ1n) is 7.33. The Labute approximate surface area is 130 Å². The van der Waals surface area contributed by atoms with E-state index in [9.17, 15) is 10.1 Å². The Balaban J connectivity index is 2.15. The van der Waals surface area contributed by atoms with Crippen LogP contribution in [-0.2, 0) is 4.79 Å². The van der Waals surface area contributed by atoms with Crippen LogP contribution in [0.1, 0.15) is 25.3 Å². The van der Waals surface area contributed by atoms with E-state index in [1.807, 2.05) is 18.2 Å². The summed E-state index contributed by atoms with van der Waals surface area (Å²) in [5, 5.41) is 12.2. The van der Waals surface area contributed by atoms with Crippen molar-refractivity contribution in [2.75, 3.05) is 30.8 Å². The fourth-order valence-electron chi connectivity index (χ4n) is 2.76. The minimum absolute atomic E-state index is 0.102. The molecule has 0 atom stereocenters. The molecule has 1 heterocycles. The van der Waals surface area contributed by atoms with Crippen molar-refractivity contribution in [3.8, 4) is 6.07 Å². The number of piperidine rings is 1. The van der Waals surface area contributed by atoms with Crippen LogP contribution in [0.15, 0.2) is 23.1 Å². The number of nitrogens with zero attached hydrogens (tertiary/aromatic N) is 2. The predicted octanol–water partition coefficient (Wildman–Crippen LogP) is 2.63. The van der Waals surface area contributed by atoms with Crippen LogP contribution in [0, 0.1) is 17.2 Å². The molecular weight excluding hydrogens is 282 g/mol. The second-order valence-electron chi connectivity index (χ2n) is 5.07. The van der Waals surface area contributed by atoms with Gasteiger partial charge in [-0.3, -0.25) is 4.79 Å². The molecule has 0 aromatic heterocycles. The lowest BCUT2D eigenvalue weighted by molar-refractivity contribution is -0.125. The number of hydrogen-bond acceptors (Lipinski definition) is 4. The van der Waals surface area contributed by atoms with Crippen molar-refractivity contribution in [2.45, 2.75) is 24.7 Å². The number of carbonyl (C=O) groups excluding carboxylic acids is 1. The molecule has 0 aliphatic carbocycles. The summed E-state index contributed by atoms with van der Waals surface area (Å²) >= 11 is 1.70. The molecular formula is C16H21N3OS. The molecule has 1 aliphatic rings. The highest BCUT2D eigenvalue weighted by molar-refractivity contribution is 7.99. The molecule has 1 fully saturated rings. The lowest BCUT2D eigenvalue weighted by atomic mass is 9.95. The van der Waals surface area contributed by atoms with E-state index >= 15 is 0 Å². The highest BCUT2D eigenvalue weighted by Crippen LogP contribution is 2.32. The first-order valence-corrected chi connectivity index (χ1v) is 8.32. The van der Waals surface area contributed by atoms with E-state index in [2.05, 4.69) is 23.2 Å². The molecule has 0 spiro atoms. The second-order valence-corrected chi connectivity index (χ2v) is 6.38. The van der Waals surface area contributed by atoms with E-state index in [0.29, 0.717) is 0 Å². The summed E-state index contributed by atoms with van der Waals surface area (Å²) in [7, 11) is 1.69. The number of hydrogen-bond donors (Lipinski definition) is 1. The van der Waals surface area contributed by atoms with Crippen LogP contribution in [0.4, 0.5) is 5.69 Å². The molecule has 1 N–H and O–H groups in total. The van der Waals surface area contributed by atoms with Crippen molar-refractivity contribution in [3.05, 3.63) is 23.8 Å². The van der Waals surface area contributed by atoms with Crippen LogP contribution in [0.25, 0.3) is 0 Å². The smallest absolute Gasteiger partial charge is 0.222 e.